The van der Waals surface area contributed by atoms with Crippen molar-refractivity contribution in [1.29, 1.82) is 0 Å². The smallest absolute Gasteiger partial charge is 0.344 e. The first kappa shape index (κ1) is 25.9. The second-order valence-electron chi connectivity index (χ2n) is 11.2. The first-order valence-electron chi connectivity index (χ1n) is 10.3. The quantitative estimate of drug-likeness (QED) is 0.480. The molecule has 27 heavy (non-hydrogen) atoms. The maximum Gasteiger partial charge on any atom is 0.344 e. The molecule has 0 radical (unpaired) electrons. The normalized spacial score (nSPS) is 16.6. The first-order valence-corrected chi connectivity index (χ1v) is 10.3. The molecule has 2 unspecified atom stereocenters. The molecule has 2 atom stereocenters. The Morgan fingerprint density at radius 2 is 1.37 bits per heavy atom. The lowest BCUT2D eigenvalue weighted by Crippen LogP contribution is -2.45. The highest BCUT2D eigenvalue weighted by atomic mass is 16.6. The fraction of sp³-hybridized carbons (Fsp3) is 0.913. The van der Waals surface area contributed by atoms with E-state index >= 15 is 0 Å². The van der Waals surface area contributed by atoms with Crippen LogP contribution in [0.4, 0.5) is 0 Å². The molecule has 0 spiro atoms. The molecule has 0 saturated heterocycles. The van der Waals surface area contributed by atoms with E-state index in [2.05, 4.69) is 48.5 Å². The van der Waals surface area contributed by atoms with Gasteiger partial charge in [-0.1, -0.05) is 69.2 Å². The van der Waals surface area contributed by atoms with Crippen LogP contribution in [0.5, 0.6) is 0 Å². The van der Waals surface area contributed by atoms with Crippen molar-refractivity contribution < 1.29 is 19.1 Å². The van der Waals surface area contributed by atoms with Gasteiger partial charge in [0.25, 0.3) is 0 Å². The molecule has 4 nitrogen and oxygen atoms in total. The molecule has 0 fully saturated rings. The minimum atomic E-state index is -0.643. The van der Waals surface area contributed by atoms with Crippen molar-refractivity contribution in [1.82, 2.24) is 0 Å². The summed E-state index contributed by atoms with van der Waals surface area (Å²) in [6.07, 6.45) is 1.81. The van der Waals surface area contributed by atoms with Crippen molar-refractivity contribution in [2.45, 2.75) is 102 Å². The van der Waals surface area contributed by atoms with E-state index in [1.54, 1.807) is 0 Å². The molecule has 0 aromatic heterocycles. The van der Waals surface area contributed by atoms with Crippen molar-refractivity contribution in [3.63, 3.8) is 0 Å². The third-order valence-corrected chi connectivity index (χ3v) is 5.99. The predicted molar refractivity (Wildman–Crippen MR) is 111 cm³/mol. The highest BCUT2D eigenvalue weighted by molar-refractivity contribution is 5.79. The molecule has 0 aliphatic heterocycles. The summed E-state index contributed by atoms with van der Waals surface area (Å²) in [5, 5.41) is 0. The van der Waals surface area contributed by atoms with Crippen molar-refractivity contribution >= 4 is 11.9 Å². The minimum Gasteiger partial charge on any atom is -0.457 e. The number of ether oxygens (including phenoxy) is 2. The Morgan fingerprint density at radius 3 is 1.70 bits per heavy atom. The van der Waals surface area contributed by atoms with Crippen LogP contribution in [-0.4, -0.2) is 24.1 Å². The lowest BCUT2D eigenvalue weighted by molar-refractivity contribution is -0.180. The Hall–Kier alpha value is -1.06. The SMILES string of the molecule is CCC(C)(CC(C)C)C(C(=O)OCC(=O)OC(C)(C)C(C)(C)C)C(C)(C)C. The third kappa shape index (κ3) is 7.46. The van der Waals surface area contributed by atoms with Gasteiger partial charge in [-0.15, -0.1) is 0 Å². The van der Waals surface area contributed by atoms with Gasteiger partial charge in [0.2, 0.25) is 0 Å². The van der Waals surface area contributed by atoms with E-state index in [0.29, 0.717) is 5.92 Å². The molecule has 0 amide bonds. The van der Waals surface area contributed by atoms with Crippen molar-refractivity contribution in [3.05, 3.63) is 0 Å². The average molecular weight is 385 g/mol. The molecular formula is C23H44O4. The van der Waals surface area contributed by atoms with Gasteiger partial charge in [-0.3, -0.25) is 4.79 Å². The largest absolute Gasteiger partial charge is 0.457 e. The monoisotopic (exact) mass is 384 g/mol. The zero-order valence-electron chi connectivity index (χ0n) is 19.9. The van der Waals surface area contributed by atoms with Crippen LogP contribution in [0.2, 0.25) is 0 Å². The topological polar surface area (TPSA) is 52.6 Å². The predicted octanol–water partition coefficient (Wildman–Crippen LogP) is 6.02. The van der Waals surface area contributed by atoms with Gasteiger partial charge < -0.3 is 9.47 Å². The summed E-state index contributed by atoms with van der Waals surface area (Å²) in [5.74, 6) is -0.623. The zero-order chi connectivity index (χ0) is 21.8. The lowest BCUT2D eigenvalue weighted by Gasteiger charge is -2.44. The molecule has 0 bridgehead atoms. The van der Waals surface area contributed by atoms with Crippen LogP contribution in [0, 0.1) is 28.1 Å². The molecule has 160 valence electrons. The summed E-state index contributed by atoms with van der Waals surface area (Å²) >= 11 is 0. The van der Waals surface area contributed by atoms with Crippen molar-refractivity contribution in [2.24, 2.45) is 28.1 Å². The van der Waals surface area contributed by atoms with Crippen molar-refractivity contribution in [2.75, 3.05) is 6.61 Å². The molecule has 0 aliphatic carbocycles. The van der Waals surface area contributed by atoms with Gasteiger partial charge >= 0.3 is 11.9 Å². The first-order chi connectivity index (χ1) is 11.9. The van der Waals surface area contributed by atoms with E-state index in [0.717, 1.165) is 12.8 Å². The van der Waals surface area contributed by atoms with Gasteiger partial charge in [-0.25, -0.2) is 4.79 Å². The van der Waals surface area contributed by atoms with Crippen molar-refractivity contribution in [3.8, 4) is 0 Å². The Balaban J connectivity index is 5.27. The standard InChI is InChI=1S/C23H44O4/c1-13-23(12,14-16(2)3)18(20(4,5)6)19(25)26-15-17(24)27-22(10,11)21(7,8)9/h16,18H,13-15H2,1-12H3. The minimum absolute atomic E-state index is 0.182. The molecular weight excluding hydrogens is 340 g/mol. The Labute approximate surface area is 167 Å². The number of esters is 2. The number of carbonyl (C=O) groups is 2. The Bertz CT molecular complexity index is 505. The van der Waals surface area contributed by atoms with Gasteiger partial charge in [-0.05, 0) is 43.4 Å². The maximum absolute atomic E-state index is 13.0. The summed E-state index contributed by atoms with van der Waals surface area (Å²) in [5.41, 5.74) is -1.29. The highest BCUT2D eigenvalue weighted by Gasteiger charge is 2.46. The van der Waals surface area contributed by atoms with Gasteiger partial charge in [0.15, 0.2) is 6.61 Å². The van der Waals surface area contributed by atoms with E-state index in [4.69, 9.17) is 9.47 Å². The number of rotatable bonds is 8. The van der Waals surface area contributed by atoms with E-state index in [1.165, 1.54) is 0 Å². The van der Waals surface area contributed by atoms with Gasteiger partial charge in [0.1, 0.15) is 5.60 Å². The van der Waals surface area contributed by atoms with E-state index in [-0.39, 0.29) is 34.7 Å². The second-order valence-corrected chi connectivity index (χ2v) is 11.2. The highest BCUT2D eigenvalue weighted by Crippen LogP contribution is 2.47. The van der Waals surface area contributed by atoms with Crippen LogP contribution < -0.4 is 0 Å². The summed E-state index contributed by atoms with van der Waals surface area (Å²) in [6.45, 7) is 24.3. The molecule has 0 heterocycles. The fourth-order valence-electron chi connectivity index (χ4n) is 3.76. The van der Waals surface area contributed by atoms with Gasteiger partial charge in [0, 0.05) is 5.41 Å². The number of carbonyl (C=O) groups excluding carboxylic acids is 2. The molecule has 0 N–H and O–H groups in total. The third-order valence-electron chi connectivity index (χ3n) is 5.99. The average Bonchev–Trinajstić information content (AvgIpc) is 2.41. The van der Waals surface area contributed by atoms with E-state index in [1.807, 2.05) is 34.6 Å². The van der Waals surface area contributed by atoms with Crippen LogP contribution in [0.15, 0.2) is 0 Å². The fourth-order valence-corrected chi connectivity index (χ4v) is 3.76. The molecule has 0 aromatic carbocycles. The summed E-state index contributed by atoms with van der Waals surface area (Å²) < 4.78 is 11.0. The van der Waals surface area contributed by atoms with Crippen LogP contribution in [0.25, 0.3) is 0 Å². The van der Waals surface area contributed by atoms with Crippen LogP contribution in [0.3, 0.4) is 0 Å². The molecule has 4 heteroatoms. The lowest BCUT2D eigenvalue weighted by atomic mass is 9.61. The zero-order valence-corrected chi connectivity index (χ0v) is 19.9. The maximum atomic E-state index is 13.0. The summed E-state index contributed by atoms with van der Waals surface area (Å²) in [4.78, 5) is 25.3. The Kier molecular flexibility index (Phi) is 8.61. The van der Waals surface area contributed by atoms with E-state index < -0.39 is 11.6 Å². The van der Waals surface area contributed by atoms with E-state index in [9.17, 15) is 9.59 Å². The van der Waals surface area contributed by atoms with Gasteiger partial charge in [-0.2, -0.15) is 0 Å². The van der Waals surface area contributed by atoms with Crippen LogP contribution >= 0.6 is 0 Å². The summed E-state index contributed by atoms with van der Waals surface area (Å²) in [6, 6.07) is 0. The van der Waals surface area contributed by atoms with Gasteiger partial charge in [0.05, 0.1) is 5.92 Å². The number of hydrogen-bond donors (Lipinski definition) is 0. The van der Waals surface area contributed by atoms with Crippen LogP contribution in [-0.2, 0) is 19.1 Å². The molecule has 0 aromatic rings. The molecule has 0 saturated carbocycles. The summed E-state index contributed by atoms with van der Waals surface area (Å²) in [7, 11) is 0. The molecule has 0 rings (SSSR count). The number of hydrogen-bond acceptors (Lipinski definition) is 4. The van der Waals surface area contributed by atoms with Crippen LogP contribution in [0.1, 0.15) is 95.9 Å². The second kappa shape index (κ2) is 8.96. The molecule has 0 aliphatic rings. The Morgan fingerprint density at radius 1 is 0.889 bits per heavy atom.